The lowest BCUT2D eigenvalue weighted by Gasteiger charge is -2.07. The van der Waals surface area contributed by atoms with Gasteiger partial charge in [0.15, 0.2) is 0 Å². The van der Waals surface area contributed by atoms with E-state index in [1.807, 2.05) is 6.07 Å². The van der Waals surface area contributed by atoms with Crippen LogP contribution in [0.4, 0.5) is 5.69 Å². The number of carbonyl (C=O) groups is 1. The van der Waals surface area contributed by atoms with Gasteiger partial charge in [-0.15, -0.1) is 0 Å². The number of anilines is 1. The van der Waals surface area contributed by atoms with Gasteiger partial charge in [0.05, 0.1) is 18.1 Å². The van der Waals surface area contributed by atoms with Gasteiger partial charge in [-0.2, -0.15) is 5.26 Å². The predicted octanol–water partition coefficient (Wildman–Crippen LogP) is 3.36. The van der Waals surface area contributed by atoms with Gasteiger partial charge in [0.1, 0.15) is 5.75 Å². The van der Waals surface area contributed by atoms with E-state index in [0.29, 0.717) is 17.1 Å². The van der Waals surface area contributed by atoms with E-state index in [1.165, 1.54) is 18.2 Å². The van der Waals surface area contributed by atoms with Gasteiger partial charge in [0, 0.05) is 10.7 Å². The van der Waals surface area contributed by atoms with Crippen molar-refractivity contribution in [2.75, 3.05) is 5.32 Å². The Kier molecular flexibility index (Phi) is 4.24. The highest BCUT2D eigenvalue weighted by molar-refractivity contribution is 6.31. The number of phenols is 1. The zero-order chi connectivity index (χ0) is 14.5. The van der Waals surface area contributed by atoms with E-state index in [9.17, 15) is 9.90 Å². The van der Waals surface area contributed by atoms with Crippen LogP contribution in [0, 0.1) is 11.3 Å². The Labute approximate surface area is 121 Å². The average molecular weight is 287 g/mol. The Bertz CT molecular complexity index is 675. The van der Waals surface area contributed by atoms with Crippen LogP contribution in [-0.4, -0.2) is 11.0 Å². The molecule has 20 heavy (non-hydrogen) atoms. The SMILES string of the molecule is N#CCc1ccc(NC(=O)c2cc(Cl)ccc2O)cc1. The van der Waals surface area contributed by atoms with Gasteiger partial charge in [-0.3, -0.25) is 4.79 Å². The first-order valence-corrected chi connectivity index (χ1v) is 6.23. The van der Waals surface area contributed by atoms with Crippen LogP contribution in [0.2, 0.25) is 5.02 Å². The first-order valence-electron chi connectivity index (χ1n) is 5.86. The molecule has 2 N–H and O–H groups in total. The molecule has 5 heteroatoms. The number of nitriles is 1. The molecule has 100 valence electrons. The maximum absolute atomic E-state index is 12.0. The van der Waals surface area contributed by atoms with Gasteiger partial charge in [0.2, 0.25) is 0 Å². The smallest absolute Gasteiger partial charge is 0.259 e. The Morgan fingerprint density at radius 2 is 1.95 bits per heavy atom. The normalized spacial score (nSPS) is 9.80. The van der Waals surface area contributed by atoms with Crippen LogP contribution < -0.4 is 5.32 Å². The lowest BCUT2D eigenvalue weighted by atomic mass is 10.1. The highest BCUT2D eigenvalue weighted by Gasteiger charge is 2.11. The fourth-order valence-corrected chi connectivity index (χ4v) is 1.86. The van der Waals surface area contributed by atoms with Crippen molar-refractivity contribution in [3.8, 4) is 11.8 Å². The summed E-state index contributed by atoms with van der Waals surface area (Å²) >= 11 is 5.80. The third-order valence-corrected chi connectivity index (χ3v) is 2.93. The van der Waals surface area contributed by atoms with Crippen molar-refractivity contribution in [1.82, 2.24) is 0 Å². The third kappa shape index (κ3) is 3.28. The van der Waals surface area contributed by atoms with Crippen LogP contribution in [-0.2, 0) is 6.42 Å². The third-order valence-electron chi connectivity index (χ3n) is 2.70. The van der Waals surface area contributed by atoms with Crippen molar-refractivity contribution in [3.05, 3.63) is 58.6 Å². The van der Waals surface area contributed by atoms with E-state index >= 15 is 0 Å². The molecule has 0 unspecified atom stereocenters. The monoisotopic (exact) mass is 286 g/mol. The molecule has 0 atom stereocenters. The summed E-state index contributed by atoms with van der Waals surface area (Å²) < 4.78 is 0. The molecule has 0 aliphatic heterocycles. The number of hydrogen-bond donors (Lipinski definition) is 2. The van der Waals surface area contributed by atoms with Crippen molar-refractivity contribution in [2.45, 2.75) is 6.42 Å². The van der Waals surface area contributed by atoms with E-state index in [1.54, 1.807) is 24.3 Å². The molecule has 0 bridgehead atoms. The van der Waals surface area contributed by atoms with Crippen molar-refractivity contribution in [2.24, 2.45) is 0 Å². The largest absolute Gasteiger partial charge is 0.507 e. The molecule has 2 rings (SSSR count). The lowest BCUT2D eigenvalue weighted by molar-refractivity contribution is 0.102. The molecule has 0 radical (unpaired) electrons. The van der Waals surface area contributed by atoms with Crippen LogP contribution in [0.25, 0.3) is 0 Å². The minimum Gasteiger partial charge on any atom is -0.507 e. The Balaban J connectivity index is 2.15. The van der Waals surface area contributed by atoms with Gasteiger partial charge >= 0.3 is 0 Å². The van der Waals surface area contributed by atoms with Crippen LogP contribution in [0.1, 0.15) is 15.9 Å². The molecule has 0 heterocycles. The minimum absolute atomic E-state index is 0.110. The summed E-state index contributed by atoms with van der Waals surface area (Å²) in [5.41, 5.74) is 1.56. The highest BCUT2D eigenvalue weighted by atomic mass is 35.5. The molecule has 2 aromatic rings. The summed E-state index contributed by atoms with van der Waals surface area (Å²) in [6, 6.07) is 13.2. The van der Waals surface area contributed by atoms with Crippen LogP contribution >= 0.6 is 11.6 Å². The number of aromatic hydroxyl groups is 1. The molecule has 2 aromatic carbocycles. The number of carbonyl (C=O) groups excluding carboxylic acids is 1. The number of rotatable bonds is 3. The van der Waals surface area contributed by atoms with Gasteiger partial charge in [0.25, 0.3) is 5.91 Å². The van der Waals surface area contributed by atoms with Crippen LogP contribution in [0.5, 0.6) is 5.75 Å². The van der Waals surface area contributed by atoms with Crippen LogP contribution in [0.15, 0.2) is 42.5 Å². The van der Waals surface area contributed by atoms with Crippen molar-refractivity contribution >= 4 is 23.2 Å². The number of benzene rings is 2. The quantitative estimate of drug-likeness (QED) is 0.908. The topological polar surface area (TPSA) is 73.1 Å². The lowest BCUT2D eigenvalue weighted by Crippen LogP contribution is -2.12. The van der Waals surface area contributed by atoms with Gasteiger partial charge in [-0.05, 0) is 35.9 Å². The Morgan fingerprint density at radius 3 is 2.60 bits per heavy atom. The van der Waals surface area contributed by atoms with Crippen molar-refractivity contribution < 1.29 is 9.90 Å². The standard InChI is InChI=1S/C15H11ClN2O2/c16-11-3-6-14(19)13(9-11)15(20)18-12-4-1-10(2-5-12)7-8-17/h1-6,9,19H,7H2,(H,18,20). The predicted molar refractivity (Wildman–Crippen MR) is 76.8 cm³/mol. The minimum atomic E-state index is -0.446. The summed E-state index contributed by atoms with van der Waals surface area (Å²) in [5.74, 6) is -0.578. The number of phenolic OH excluding ortho intramolecular Hbond substituents is 1. The maximum atomic E-state index is 12.0. The van der Waals surface area contributed by atoms with Crippen molar-refractivity contribution in [1.29, 1.82) is 5.26 Å². The second kappa shape index (κ2) is 6.09. The van der Waals surface area contributed by atoms with E-state index < -0.39 is 5.91 Å². The Hall–Kier alpha value is -2.51. The summed E-state index contributed by atoms with van der Waals surface area (Å²) in [6.45, 7) is 0. The molecule has 0 saturated heterocycles. The number of halogens is 1. The second-order valence-electron chi connectivity index (χ2n) is 4.15. The van der Waals surface area contributed by atoms with E-state index in [4.69, 9.17) is 16.9 Å². The zero-order valence-corrected chi connectivity index (χ0v) is 11.2. The fourth-order valence-electron chi connectivity index (χ4n) is 1.69. The van der Waals surface area contributed by atoms with E-state index in [0.717, 1.165) is 5.56 Å². The van der Waals surface area contributed by atoms with Crippen molar-refractivity contribution in [3.63, 3.8) is 0 Å². The number of nitrogens with one attached hydrogen (secondary N) is 1. The molecule has 0 aliphatic carbocycles. The van der Waals surface area contributed by atoms with Gasteiger partial charge in [-0.25, -0.2) is 0 Å². The van der Waals surface area contributed by atoms with E-state index in [-0.39, 0.29) is 11.3 Å². The summed E-state index contributed by atoms with van der Waals surface area (Å²) in [6.07, 6.45) is 0.323. The molecular weight excluding hydrogens is 276 g/mol. The summed E-state index contributed by atoms with van der Waals surface area (Å²) in [7, 11) is 0. The first kappa shape index (κ1) is 13.9. The molecule has 0 aliphatic rings. The highest BCUT2D eigenvalue weighted by Crippen LogP contribution is 2.22. The molecule has 0 saturated carbocycles. The summed E-state index contributed by atoms with van der Waals surface area (Å²) in [4.78, 5) is 12.0. The van der Waals surface area contributed by atoms with Gasteiger partial charge < -0.3 is 10.4 Å². The second-order valence-corrected chi connectivity index (χ2v) is 4.58. The molecule has 0 fully saturated rings. The molecular formula is C15H11ClN2O2. The number of amides is 1. The molecule has 1 amide bonds. The van der Waals surface area contributed by atoms with Crippen LogP contribution in [0.3, 0.4) is 0 Å². The maximum Gasteiger partial charge on any atom is 0.259 e. The summed E-state index contributed by atoms with van der Waals surface area (Å²) in [5, 5.41) is 21.2. The average Bonchev–Trinajstić information content (AvgIpc) is 2.44. The Morgan fingerprint density at radius 1 is 1.25 bits per heavy atom. The molecule has 4 nitrogen and oxygen atoms in total. The molecule has 0 aromatic heterocycles. The molecule has 0 spiro atoms. The number of nitrogens with zero attached hydrogens (tertiary/aromatic N) is 1. The first-order chi connectivity index (χ1) is 9.60. The van der Waals surface area contributed by atoms with E-state index in [2.05, 4.69) is 5.32 Å². The zero-order valence-electron chi connectivity index (χ0n) is 10.4. The van der Waals surface area contributed by atoms with Gasteiger partial charge in [-0.1, -0.05) is 23.7 Å². The fraction of sp³-hybridized carbons (Fsp3) is 0.0667. The number of hydrogen-bond acceptors (Lipinski definition) is 3.